The Labute approximate surface area is 114 Å². The third-order valence-corrected chi connectivity index (χ3v) is 3.41. The number of hydrogen-bond acceptors (Lipinski definition) is 1. The van der Waals surface area contributed by atoms with Gasteiger partial charge >= 0.3 is 0 Å². The number of rotatable bonds is 4. The molecule has 100 valence electrons. The van der Waals surface area contributed by atoms with Crippen LogP contribution in [0.1, 0.15) is 23.6 Å². The van der Waals surface area contributed by atoms with Crippen LogP contribution in [0.15, 0.2) is 48.5 Å². The van der Waals surface area contributed by atoms with Gasteiger partial charge in [0.2, 0.25) is 0 Å². The van der Waals surface area contributed by atoms with E-state index < -0.39 is 5.54 Å². The molecule has 2 N–H and O–H groups in total. The molecule has 1 nitrogen and oxygen atoms in total. The number of benzene rings is 2. The van der Waals surface area contributed by atoms with E-state index in [4.69, 9.17) is 5.73 Å². The summed E-state index contributed by atoms with van der Waals surface area (Å²) in [6.45, 7) is 4.06. The standard InChI is InChI=1S/C17H20FN/c1-13-7-3-4-8-14(13)11-17(2,19)12-15-9-5-6-10-16(15)18/h3-10H,11-12,19H2,1-2H3. The van der Waals surface area contributed by atoms with Crippen LogP contribution in [-0.4, -0.2) is 5.54 Å². The van der Waals surface area contributed by atoms with Crippen LogP contribution in [-0.2, 0) is 12.8 Å². The topological polar surface area (TPSA) is 26.0 Å². The van der Waals surface area contributed by atoms with Crippen LogP contribution in [0.2, 0.25) is 0 Å². The van der Waals surface area contributed by atoms with Crippen LogP contribution in [0.25, 0.3) is 0 Å². The van der Waals surface area contributed by atoms with Gasteiger partial charge in [0.05, 0.1) is 0 Å². The molecule has 0 aliphatic heterocycles. The zero-order chi connectivity index (χ0) is 13.9. The second-order valence-electron chi connectivity index (χ2n) is 5.53. The molecular formula is C17H20FN. The smallest absolute Gasteiger partial charge is 0.126 e. The summed E-state index contributed by atoms with van der Waals surface area (Å²) in [7, 11) is 0. The maximum absolute atomic E-state index is 13.7. The van der Waals surface area contributed by atoms with Crippen molar-refractivity contribution in [2.24, 2.45) is 5.73 Å². The Bertz CT molecular complexity index is 511. The van der Waals surface area contributed by atoms with Gasteiger partial charge in [-0.05, 0) is 49.4 Å². The SMILES string of the molecule is Cc1ccccc1CC(C)(N)Cc1ccccc1F. The van der Waals surface area contributed by atoms with Crippen molar-refractivity contribution < 1.29 is 4.39 Å². The Morgan fingerprint density at radius 2 is 1.47 bits per heavy atom. The Hall–Kier alpha value is -1.67. The predicted octanol–water partition coefficient (Wildman–Crippen LogP) is 3.64. The fourth-order valence-corrected chi connectivity index (χ4v) is 2.38. The Morgan fingerprint density at radius 1 is 0.947 bits per heavy atom. The number of halogens is 1. The molecule has 0 saturated carbocycles. The van der Waals surface area contributed by atoms with E-state index >= 15 is 0 Å². The molecule has 0 bridgehead atoms. The minimum absolute atomic E-state index is 0.177. The van der Waals surface area contributed by atoms with Crippen molar-refractivity contribution in [3.05, 3.63) is 71.0 Å². The summed E-state index contributed by atoms with van der Waals surface area (Å²) >= 11 is 0. The minimum atomic E-state index is -0.450. The molecule has 0 aliphatic carbocycles. The first-order valence-corrected chi connectivity index (χ1v) is 6.55. The summed E-state index contributed by atoms with van der Waals surface area (Å²) in [5, 5.41) is 0. The molecule has 19 heavy (non-hydrogen) atoms. The molecule has 2 aromatic carbocycles. The Balaban J connectivity index is 2.15. The lowest BCUT2D eigenvalue weighted by molar-refractivity contribution is 0.450. The van der Waals surface area contributed by atoms with Crippen molar-refractivity contribution in [1.82, 2.24) is 0 Å². The van der Waals surface area contributed by atoms with Crippen molar-refractivity contribution in [3.8, 4) is 0 Å². The van der Waals surface area contributed by atoms with Crippen molar-refractivity contribution in [2.45, 2.75) is 32.2 Å². The molecule has 0 saturated heterocycles. The molecule has 0 radical (unpaired) electrons. The molecule has 1 unspecified atom stereocenters. The van der Waals surface area contributed by atoms with Gasteiger partial charge in [0.1, 0.15) is 5.82 Å². The predicted molar refractivity (Wildman–Crippen MR) is 77.6 cm³/mol. The second kappa shape index (κ2) is 5.54. The van der Waals surface area contributed by atoms with Crippen molar-refractivity contribution in [1.29, 1.82) is 0 Å². The van der Waals surface area contributed by atoms with E-state index in [0.29, 0.717) is 12.0 Å². The van der Waals surface area contributed by atoms with Crippen LogP contribution in [0.5, 0.6) is 0 Å². The first-order valence-electron chi connectivity index (χ1n) is 6.55. The molecule has 0 aromatic heterocycles. The van der Waals surface area contributed by atoms with E-state index in [9.17, 15) is 4.39 Å². The largest absolute Gasteiger partial charge is 0.325 e. The van der Waals surface area contributed by atoms with Crippen molar-refractivity contribution in [2.75, 3.05) is 0 Å². The van der Waals surface area contributed by atoms with Gasteiger partial charge in [-0.2, -0.15) is 0 Å². The summed E-state index contributed by atoms with van der Waals surface area (Å²) < 4.78 is 13.7. The highest BCUT2D eigenvalue weighted by Gasteiger charge is 2.21. The molecular weight excluding hydrogens is 237 g/mol. The normalized spacial score (nSPS) is 14.1. The van der Waals surface area contributed by atoms with Crippen molar-refractivity contribution >= 4 is 0 Å². The lowest BCUT2D eigenvalue weighted by atomic mass is 9.86. The van der Waals surface area contributed by atoms with Crippen LogP contribution in [0, 0.1) is 12.7 Å². The maximum Gasteiger partial charge on any atom is 0.126 e. The van der Waals surface area contributed by atoms with E-state index in [2.05, 4.69) is 19.1 Å². The lowest BCUT2D eigenvalue weighted by Gasteiger charge is -2.26. The zero-order valence-corrected chi connectivity index (χ0v) is 11.5. The highest BCUT2D eigenvalue weighted by Crippen LogP contribution is 2.20. The summed E-state index contributed by atoms with van der Waals surface area (Å²) in [4.78, 5) is 0. The summed E-state index contributed by atoms with van der Waals surface area (Å²) in [6, 6.07) is 15.0. The summed E-state index contributed by atoms with van der Waals surface area (Å²) in [5.41, 5.74) is 9.04. The molecule has 0 aliphatic rings. The Kier molecular flexibility index (Phi) is 4.01. The average Bonchev–Trinajstić information content (AvgIpc) is 2.35. The molecule has 1 atom stereocenters. The first-order chi connectivity index (χ1) is 8.98. The highest BCUT2D eigenvalue weighted by molar-refractivity contribution is 5.28. The molecule has 0 spiro atoms. The van der Waals surface area contributed by atoms with Crippen LogP contribution >= 0.6 is 0 Å². The third-order valence-electron chi connectivity index (χ3n) is 3.41. The average molecular weight is 257 g/mol. The molecule has 0 heterocycles. The van der Waals surface area contributed by atoms with E-state index in [1.807, 2.05) is 25.1 Å². The van der Waals surface area contributed by atoms with Crippen LogP contribution in [0.4, 0.5) is 4.39 Å². The van der Waals surface area contributed by atoms with Gasteiger partial charge in [-0.3, -0.25) is 0 Å². The molecule has 0 fully saturated rings. The monoisotopic (exact) mass is 257 g/mol. The highest BCUT2D eigenvalue weighted by atomic mass is 19.1. The van der Waals surface area contributed by atoms with Gasteiger partial charge in [-0.1, -0.05) is 42.5 Å². The maximum atomic E-state index is 13.7. The van der Waals surface area contributed by atoms with E-state index in [1.165, 1.54) is 17.2 Å². The van der Waals surface area contributed by atoms with Crippen LogP contribution < -0.4 is 5.73 Å². The quantitative estimate of drug-likeness (QED) is 0.889. The minimum Gasteiger partial charge on any atom is -0.325 e. The lowest BCUT2D eigenvalue weighted by Crippen LogP contribution is -2.41. The Morgan fingerprint density at radius 3 is 2.11 bits per heavy atom. The van der Waals surface area contributed by atoms with Gasteiger partial charge < -0.3 is 5.73 Å². The second-order valence-corrected chi connectivity index (χ2v) is 5.53. The van der Waals surface area contributed by atoms with Gasteiger partial charge in [-0.25, -0.2) is 4.39 Å². The number of aryl methyl sites for hydroxylation is 1. The summed E-state index contributed by atoms with van der Waals surface area (Å²) in [6.07, 6.45) is 1.28. The van der Waals surface area contributed by atoms with Crippen LogP contribution in [0.3, 0.4) is 0 Å². The van der Waals surface area contributed by atoms with E-state index in [-0.39, 0.29) is 5.82 Å². The summed E-state index contributed by atoms with van der Waals surface area (Å²) in [5.74, 6) is -0.177. The van der Waals surface area contributed by atoms with Gasteiger partial charge in [0.15, 0.2) is 0 Å². The first kappa shape index (κ1) is 13.8. The molecule has 2 aromatic rings. The fourth-order valence-electron chi connectivity index (χ4n) is 2.38. The number of nitrogens with two attached hydrogens (primary N) is 1. The molecule has 0 amide bonds. The molecule has 2 rings (SSSR count). The van der Waals surface area contributed by atoms with Crippen molar-refractivity contribution in [3.63, 3.8) is 0 Å². The molecule has 2 heteroatoms. The third kappa shape index (κ3) is 3.65. The number of hydrogen-bond donors (Lipinski definition) is 1. The van der Waals surface area contributed by atoms with E-state index in [0.717, 1.165) is 6.42 Å². The zero-order valence-electron chi connectivity index (χ0n) is 11.5. The van der Waals surface area contributed by atoms with E-state index in [1.54, 1.807) is 12.1 Å². The fraction of sp³-hybridized carbons (Fsp3) is 0.294. The van der Waals surface area contributed by atoms with Gasteiger partial charge in [-0.15, -0.1) is 0 Å². The van der Waals surface area contributed by atoms with Gasteiger partial charge in [0.25, 0.3) is 0 Å². The van der Waals surface area contributed by atoms with Gasteiger partial charge in [0, 0.05) is 5.54 Å².